The molecule has 2 unspecified atom stereocenters. The third kappa shape index (κ3) is 1.98. The Morgan fingerprint density at radius 3 is 2.32 bits per heavy atom. The minimum Gasteiger partial charge on any atom is -0.378 e. The lowest BCUT2D eigenvalue weighted by Gasteiger charge is -2.60. The molecule has 19 heavy (non-hydrogen) atoms. The van der Waals surface area contributed by atoms with E-state index in [4.69, 9.17) is 4.74 Å². The van der Waals surface area contributed by atoms with Gasteiger partial charge in [0.05, 0.1) is 18.6 Å². The molecular weight excluding hydrogens is 306 g/mol. The maximum absolute atomic E-state index is 13.0. The molecule has 5 fully saturated rings. The number of carbonyl (C=O) groups excluding carboxylic acids is 1. The third-order valence-corrected chi connectivity index (χ3v) is 6.67. The van der Waals surface area contributed by atoms with Gasteiger partial charge in [0.2, 0.25) is 5.91 Å². The van der Waals surface area contributed by atoms with Crippen molar-refractivity contribution in [1.82, 2.24) is 4.90 Å². The van der Waals surface area contributed by atoms with E-state index >= 15 is 0 Å². The van der Waals surface area contributed by atoms with E-state index in [0.717, 1.165) is 44.2 Å². The Morgan fingerprint density at radius 1 is 1.11 bits per heavy atom. The Hall–Kier alpha value is -0.0900. The first-order valence-corrected chi connectivity index (χ1v) is 8.44. The van der Waals surface area contributed by atoms with Crippen molar-refractivity contribution in [2.75, 3.05) is 26.3 Å². The van der Waals surface area contributed by atoms with E-state index in [1.807, 2.05) is 0 Å². The summed E-state index contributed by atoms with van der Waals surface area (Å²) in [6.07, 6.45) is 7.32. The summed E-state index contributed by atoms with van der Waals surface area (Å²) >= 11 is 3.99. The molecule has 4 heteroatoms. The van der Waals surface area contributed by atoms with Crippen LogP contribution in [0.25, 0.3) is 0 Å². The van der Waals surface area contributed by atoms with Gasteiger partial charge in [-0.25, -0.2) is 0 Å². The van der Waals surface area contributed by atoms with Crippen LogP contribution >= 0.6 is 15.9 Å². The van der Waals surface area contributed by atoms with E-state index in [0.29, 0.717) is 19.1 Å². The largest absolute Gasteiger partial charge is 0.378 e. The van der Waals surface area contributed by atoms with Crippen LogP contribution in [0.1, 0.15) is 38.5 Å². The van der Waals surface area contributed by atoms with Gasteiger partial charge in [-0.3, -0.25) is 4.79 Å². The maximum atomic E-state index is 13.0. The molecule has 5 aliphatic rings. The summed E-state index contributed by atoms with van der Waals surface area (Å²) in [6.45, 7) is 3.03. The average Bonchev–Trinajstić information content (AvgIpc) is 2.36. The van der Waals surface area contributed by atoms with Crippen molar-refractivity contribution in [2.45, 2.75) is 42.8 Å². The summed E-state index contributed by atoms with van der Waals surface area (Å²) in [5.74, 6) is 2.00. The Kier molecular flexibility index (Phi) is 2.79. The lowest BCUT2D eigenvalue weighted by Crippen LogP contribution is -2.60. The molecule has 1 amide bonds. The first kappa shape index (κ1) is 12.6. The van der Waals surface area contributed by atoms with Crippen LogP contribution in [-0.4, -0.2) is 41.4 Å². The maximum Gasteiger partial charge on any atom is 0.229 e. The summed E-state index contributed by atoms with van der Waals surface area (Å²) in [5, 5.41) is 0. The molecule has 2 atom stereocenters. The predicted molar refractivity (Wildman–Crippen MR) is 76.2 cm³/mol. The quantitative estimate of drug-likeness (QED) is 0.693. The van der Waals surface area contributed by atoms with Crippen molar-refractivity contribution in [1.29, 1.82) is 0 Å². The highest BCUT2D eigenvalue weighted by atomic mass is 79.9. The van der Waals surface area contributed by atoms with Crippen LogP contribution in [0.4, 0.5) is 0 Å². The number of carbonyl (C=O) groups is 1. The first-order chi connectivity index (χ1) is 9.09. The van der Waals surface area contributed by atoms with E-state index in [1.54, 1.807) is 0 Å². The van der Waals surface area contributed by atoms with Gasteiger partial charge in [-0.2, -0.15) is 0 Å². The zero-order chi connectivity index (χ0) is 13.1. The second kappa shape index (κ2) is 4.20. The van der Waals surface area contributed by atoms with E-state index < -0.39 is 0 Å². The van der Waals surface area contributed by atoms with E-state index in [9.17, 15) is 4.79 Å². The van der Waals surface area contributed by atoms with Crippen molar-refractivity contribution in [3.63, 3.8) is 0 Å². The molecule has 0 aromatic heterocycles. The summed E-state index contributed by atoms with van der Waals surface area (Å²) in [5.41, 5.74) is -0.0368. The van der Waals surface area contributed by atoms with Gasteiger partial charge in [0.15, 0.2) is 0 Å². The zero-order valence-electron chi connectivity index (χ0n) is 11.4. The molecule has 0 spiro atoms. The Morgan fingerprint density at radius 2 is 1.74 bits per heavy atom. The highest BCUT2D eigenvalue weighted by Gasteiger charge is 2.60. The molecule has 0 N–H and O–H groups in total. The van der Waals surface area contributed by atoms with Crippen LogP contribution in [0.5, 0.6) is 0 Å². The van der Waals surface area contributed by atoms with Crippen LogP contribution < -0.4 is 0 Å². The Balaban J connectivity index is 1.60. The normalized spacial score (nSPS) is 48.6. The molecule has 5 rings (SSSR count). The number of hydrogen-bond acceptors (Lipinski definition) is 2. The number of hydrogen-bond donors (Lipinski definition) is 0. The minimum atomic E-state index is -0.0368. The van der Waals surface area contributed by atoms with Crippen LogP contribution in [0.2, 0.25) is 0 Å². The highest BCUT2D eigenvalue weighted by molar-refractivity contribution is 9.10. The number of alkyl halides is 1. The van der Waals surface area contributed by atoms with Crippen molar-refractivity contribution < 1.29 is 9.53 Å². The molecule has 4 bridgehead atoms. The second-order valence-corrected chi connectivity index (χ2v) is 8.98. The number of rotatable bonds is 1. The van der Waals surface area contributed by atoms with Crippen molar-refractivity contribution >= 4 is 21.8 Å². The Labute approximate surface area is 123 Å². The van der Waals surface area contributed by atoms with E-state index in [-0.39, 0.29) is 9.74 Å². The van der Waals surface area contributed by atoms with Gasteiger partial charge in [-0.15, -0.1) is 0 Å². The van der Waals surface area contributed by atoms with Gasteiger partial charge >= 0.3 is 0 Å². The topological polar surface area (TPSA) is 29.5 Å². The van der Waals surface area contributed by atoms with Gasteiger partial charge in [0, 0.05) is 17.4 Å². The predicted octanol–water partition coefficient (Wildman–Crippen LogP) is 2.58. The zero-order valence-corrected chi connectivity index (χ0v) is 13.0. The number of halogens is 1. The summed E-state index contributed by atoms with van der Waals surface area (Å²) in [7, 11) is 0. The molecule has 106 valence electrons. The number of nitrogens with zero attached hydrogens (tertiary/aromatic N) is 1. The monoisotopic (exact) mass is 327 g/mol. The molecule has 1 aliphatic heterocycles. The van der Waals surface area contributed by atoms with Crippen LogP contribution in [0, 0.1) is 17.3 Å². The molecule has 3 nitrogen and oxygen atoms in total. The fourth-order valence-electron chi connectivity index (χ4n) is 5.50. The van der Waals surface area contributed by atoms with Crippen molar-refractivity contribution in [3.8, 4) is 0 Å². The molecular formula is C15H22BrNO2. The molecule has 0 radical (unpaired) electrons. The van der Waals surface area contributed by atoms with E-state index in [2.05, 4.69) is 20.8 Å². The van der Waals surface area contributed by atoms with Gasteiger partial charge < -0.3 is 9.64 Å². The Bertz CT molecular complexity index is 391. The van der Waals surface area contributed by atoms with Gasteiger partial charge in [0.25, 0.3) is 0 Å². The van der Waals surface area contributed by atoms with Crippen molar-refractivity contribution in [2.24, 2.45) is 17.3 Å². The van der Waals surface area contributed by atoms with Gasteiger partial charge in [-0.05, 0) is 50.4 Å². The lowest BCUT2D eigenvalue weighted by atomic mass is 9.49. The van der Waals surface area contributed by atoms with Crippen LogP contribution in [-0.2, 0) is 9.53 Å². The average molecular weight is 328 g/mol. The summed E-state index contributed by atoms with van der Waals surface area (Å²) in [4.78, 5) is 15.1. The molecule has 0 aromatic rings. The number of morpholine rings is 1. The summed E-state index contributed by atoms with van der Waals surface area (Å²) in [6, 6.07) is 0. The SMILES string of the molecule is O=C(N1CCOCC1)C12CC3CC(CC(Br)(C3)C1)C2. The molecule has 4 saturated carbocycles. The fraction of sp³-hybridized carbons (Fsp3) is 0.933. The van der Waals surface area contributed by atoms with Crippen molar-refractivity contribution in [3.05, 3.63) is 0 Å². The second-order valence-electron chi connectivity index (χ2n) is 7.30. The molecule has 1 saturated heterocycles. The summed E-state index contributed by atoms with van der Waals surface area (Å²) < 4.78 is 5.66. The van der Waals surface area contributed by atoms with Crippen LogP contribution in [0.3, 0.4) is 0 Å². The van der Waals surface area contributed by atoms with Gasteiger partial charge in [0.1, 0.15) is 0 Å². The first-order valence-electron chi connectivity index (χ1n) is 7.65. The standard InChI is InChI=1S/C15H22BrNO2/c16-15-8-11-5-12(9-15)7-14(6-11,10-15)13(18)17-1-3-19-4-2-17/h11-12H,1-10H2. The molecule has 1 heterocycles. The number of ether oxygens (including phenoxy) is 1. The fourth-order valence-corrected chi connectivity index (χ4v) is 6.96. The third-order valence-electron chi connectivity index (χ3n) is 5.74. The van der Waals surface area contributed by atoms with Crippen LogP contribution in [0.15, 0.2) is 0 Å². The van der Waals surface area contributed by atoms with E-state index in [1.165, 1.54) is 19.3 Å². The van der Waals surface area contributed by atoms with Gasteiger partial charge in [-0.1, -0.05) is 15.9 Å². The lowest BCUT2D eigenvalue weighted by molar-refractivity contribution is -0.159. The highest BCUT2D eigenvalue weighted by Crippen LogP contribution is 2.64. The number of amides is 1. The minimum absolute atomic E-state index is 0.0368. The molecule has 4 aliphatic carbocycles. The molecule has 0 aromatic carbocycles. The smallest absolute Gasteiger partial charge is 0.229 e.